The van der Waals surface area contributed by atoms with Gasteiger partial charge in [-0.15, -0.1) is 0 Å². The summed E-state index contributed by atoms with van der Waals surface area (Å²) in [6.07, 6.45) is 0. The van der Waals surface area contributed by atoms with Gasteiger partial charge >= 0.3 is 5.69 Å². The van der Waals surface area contributed by atoms with Crippen molar-refractivity contribution in [2.24, 2.45) is 7.05 Å². The molecule has 1 aliphatic heterocycles. The minimum atomic E-state index is -0.466. The summed E-state index contributed by atoms with van der Waals surface area (Å²) >= 11 is 12.6. The molecule has 158 valence electrons. The summed E-state index contributed by atoms with van der Waals surface area (Å²) in [4.78, 5) is 33.2. The molecule has 5 rings (SSSR count). The van der Waals surface area contributed by atoms with Gasteiger partial charge in [-0.3, -0.25) is 13.9 Å². The molecule has 0 spiro atoms. The highest BCUT2D eigenvalue weighted by Gasteiger charge is 2.29. The van der Waals surface area contributed by atoms with E-state index in [9.17, 15) is 9.59 Å². The van der Waals surface area contributed by atoms with Crippen molar-refractivity contribution in [2.45, 2.75) is 20.0 Å². The van der Waals surface area contributed by atoms with Gasteiger partial charge in [0.25, 0.3) is 5.56 Å². The van der Waals surface area contributed by atoms with Crippen molar-refractivity contribution in [3.8, 4) is 0 Å². The highest BCUT2D eigenvalue weighted by Crippen LogP contribution is 2.32. The predicted octanol–water partition coefficient (Wildman–Crippen LogP) is 3.71. The highest BCUT2D eigenvalue weighted by molar-refractivity contribution is 6.35. The molecule has 7 nitrogen and oxygen atoms in total. The van der Waals surface area contributed by atoms with Gasteiger partial charge in [-0.25, -0.2) is 4.79 Å². The number of fused-ring (bicyclic) bond motifs is 3. The van der Waals surface area contributed by atoms with Crippen LogP contribution in [-0.2, 0) is 20.1 Å². The second-order valence-electron chi connectivity index (χ2n) is 7.66. The summed E-state index contributed by atoms with van der Waals surface area (Å²) in [6.45, 7) is 3.31. The first-order valence-electron chi connectivity index (χ1n) is 9.84. The van der Waals surface area contributed by atoms with Gasteiger partial charge in [-0.05, 0) is 31.2 Å². The molecule has 0 fully saturated rings. The normalized spacial score (nSPS) is 13.2. The van der Waals surface area contributed by atoms with Gasteiger partial charge in [0.05, 0.1) is 6.54 Å². The fourth-order valence-corrected chi connectivity index (χ4v) is 4.55. The van der Waals surface area contributed by atoms with Gasteiger partial charge in [0.15, 0.2) is 11.2 Å². The Morgan fingerprint density at radius 1 is 1.00 bits per heavy atom. The van der Waals surface area contributed by atoms with Crippen molar-refractivity contribution in [1.29, 1.82) is 0 Å². The largest absolute Gasteiger partial charge is 0.332 e. The van der Waals surface area contributed by atoms with Crippen LogP contribution in [0.4, 0.5) is 11.6 Å². The minimum Gasteiger partial charge on any atom is -0.310 e. The number of rotatable bonds is 3. The smallest absolute Gasteiger partial charge is 0.310 e. The Morgan fingerprint density at radius 3 is 2.35 bits per heavy atom. The molecular weight excluding hydrogens is 437 g/mol. The Labute approximate surface area is 187 Å². The van der Waals surface area contributed by atoms with E-state index in [2.05, 4.69) is 9.88 Å². The fourth-order valence-electron chi connectivity index (χ4n) is 4.03. The third-order valence-corrected chi connectivity index (χ3v) is 6.43. The Kier molecular flexibility index (Phi) is 4.68. The van der Waals surface area contributed by atoms with E-state index < -0.39 is 11.2 Å². The van der Waals surface area contributed by atoms with Crippen molar-refractivity contribution >= 4 is 46.0 Å². The number of halogens is 2. The average Bonchev–Trinajstić information content (AvgIpc) is 3.31. The molecule has 2 aromatic carbocycles. The second kappa shape index (κ2) is 7.28. The van der Waals surface area contributed by atoms with E-state index in [1.165, 1.54) is 14.7 Å². The number of anilines is 2. The standard InChI is InChI=1S/C22H19Cl2N5O2/c1-13-6-8-14(9-7-13)27-10-11-28-18-19(25-21(27)28)26(2)22(31)29(20(18)30)12-15-16(23)4-3-5-17(15)24/h3-9H,10-12H2,1-2H3. The molecule has 31 heavy (non-hydrogen) atoms. The Balaban J connectivity index is 1.69. The minimum absolute atomic E-state index is 0.0118. The van der Waals surface area contributed by atoms with Crippen LogP contribution in [0.15, 0.2) is 52.1 Å². The molecule has 9 heteroatoms. The summed E-state index contributed by atoms with van der Waals surface area (Å²) in [6, 6.07) is 13.2. The number of benzene rings is 2. The molecule has 3 heterocycles. The monoisotopic (exact) mass is 455 g/mol. The van der Waals surface area contributed by atoms with E-state index in [-0.39, 0.29) is 6.54 Å². The van der Waals surface area contributed by atoms with Crippen LogP contribution in [0.1, 0.15) is 11.1 Å². The predicted molar refractivity (Wildman–Crippen MR) is 123 cm³/mol. The fraction of sp³-hybridized carbons (Fsp3) is 0.227. The molecule has 0 saturated heterocycles. The van der Waals surface area contributed by atoms with E-state index in [1.54, 1.807) is 25.2 Å². The molecule has 0 amide bonds. The van der Waals surface area contributed by atoms with Crippen molar-refractivity contribution in [3.05, 3.63) is 84.5 Å². The third-order valence-electron chi connectivity index (χ3n) is 5.72. The van der Waals surface area contributed by atoms with Crippen LogP contribution in [-0.4, -0.2) is 25.2 Å². The van der Waals surface area contributed by atoms with Crippen LogP contribution in [0.25, 0.3) is 11.2 Å². The molecule has 4 aromatic rings. The summed E-state index contributed by atoms with van der Waals surface area (Å²) in [7, 11) is 1.62. The number of imidazole rings is 1. The quantitative estimate of drug-likeness (QED) is 0.472. The van der Waals surface area contributed by atoms with Crippen molar-refractivity contribution in [1.82, 2.24) is 18.7 Å². The first-order chi connectivity index (χ1) is 14.9. The zero-order chi connectivity index (χ0) is 21.9. The first-order valence-corrected chi connectivity index (χ1v) is 10.6. The number of hydrogen-bond acceptors (Lipinski definition) is 4. The van der Waals surface area contributed by atoms with Crippen molar-refractivity contribution < 1.29 is 0 Å². The van der Waals surface area contributed by atoms with Gasteiger partial charge in [0, 0.05) is 41.4 Å². The molecule has 0 aliphatic carbocycles. The molecule has 1 aliphatic rings. The number of aryl methyl sites for hydroxylation is 2. The van der Waals surface area contributed by atoms with Crippen LogP contribution >= 0.6 is 23.2 Å². The summed E-state index contributed by atoms with van der Waals surface area (Å²) in [5, 5.41) is 0.816. The second-order valence-corrected chi connectivity index (χ2v) is 8.47. The van der Waals surface area contributed by atoms with Gasteiger partial charge in [-0.2, -0.15) is 4.98 Å². The van der Waals surface area contributed by atoms with Gasteiger partial charge in [0.1, 0.15) is 0 Å². The summed E-state index contributed by atoms with van der Waals surface area (Å²) in [5.41, 5.74) is 2.59. The molecule has 0 radical (unpaired) electrons. The molecule has 0 atom stereocenters. The Hall–Kier alpha value is -3.03. The molecule has 0 bridgehead atoms. The lowest BCUT2D eigenvalue weighted by Gasteiger charge is -2.16. The maximum Gasteiger partial charge on any atom is 0.332 e. The molecule has 0 unspecified atom stereocenters. The van der Waals surface area contributed by atoms with Crippen LogP contribution in [0.2, 0.25) is 10.0 Å². The van der Waals surface area contributed by atoms with Crippen LogP contribution in [0.5, 0.6) is 0 Å². The lowest BCUT2D eigenvalue weighted by molar-refractivity contribution is 0.652. The molecule has 0 N–H and O–H groups in total. The third kappa shape index (κ3) is 3.07. The van der Waals surface area contributed by atoms with E-state index >= 15 is 0 Å². The first kappa shape index (κ1) is 19.9. The topological polar surface area (TPSA) is 65.1 Å². The van der Waals surface area contributed by atoms with Gasteiger partial charge < -0.3 is 9.47 Å². The summed E-state index contributed by atoms with van der Waals surface area (Å²) < 4.78 is 4.45. The summed E-state index contributed by atoms with van der Waals surface area (Å²) in [5.74, 6) is 0.652. The lowest BCUT2D eigenvalue weighted by atomic mass is 10.2. The van der Waals surface area contributed by atoms with E-state index in [0.29, 0.717) is 45.8 Å². The maximum atomic E-state index is 13.4. The van der Waals surface area contributed by atoms with Crippen LogP contribution in [0.3, 0.4) is 0 Å². The number of hydrogen-bond donors (Lipinski definition) is 0. The molecule has 0 saturated carbocycles. The van der Waals surface area contributed by atoms with Gasteiger partial charge in [0.2, 0.25) is 5.95 Å². The van der Waals surface area contributed by atoms with Crippen molar-refractivity contribution in [3.63, 3.8) is 0 Å². The SMILES string of the molecule is Cc1ccc(N2CCn3c2nc2c3c(=O)n(Cc3c(Cl)cccc3Cl)c(=O)n2C)cc1. The van der Waals surface area contributed by atoms with E-state index in [4.69, 9.17) is 23.2 Å². The molecular formula is C22H19Cl2N5O2. The molecule has 2 aromatic heterocycles. The van der Waals surface area contributed by atoms with Gasteiger partial charge in [-0.1, -0.05) is 47.0 Å². The van der Waals surface area contributed by atoms with Crippen LogP contribution < -0.4 is 16.1 Å². The maximum absolute atomic E-state index is 13.4. The van der Waals surface area contributed by atoms with Crippen LogP contribution in [0, 0.1) is 6.92 Å². The zero-order valence-electron chi connectivity index (χ0n) is 17.0. The number of aromatic nitrogens is 4. The lowest BCUT2D eigenvalue weighted by Crippen LogP contribution is -2.40. The zero-order valence-corrected chi connectivity index (χ0v) is 18.5. The Bertz CT molecular complexity index is 1430. The number of nitrogens with zero attached hydrogens (tertiary/aromatic N) is 5. The van der Waals surface area contributed by atoms with E-state index in [0.717, 1.165) is 5.69 Å². The Morgan fingerprint density at radius 2 is 1.68 bits per heavy atom. The van der Waals surface area contributed by atoms with Crippen molar-refractivity contribution in [2.75, 3.05) is 11.4 Å². The highest BCUT2D eigenvalue weighted by atomic mass is 35.5. The van der Waals surface area contributed by atoms with E-state index in [1.807, 2.05) is 35.8 Å². The average molecular weight is 456 g/mol.